The maximum Gasteiger partial charge on any atom is 2.00 e. The molecule has 0 amide bonds. The SMILES string of the molecule is CCS(=O)(=O)Cc1ccc(C(=O)c2ccc(F)cc2)c(-c2cn(C)c(=O)cc2[C@@H](C[S@@](=O)C(C)(C)C)C2CC2)c1.CCS(=O)(=O)Cc1ccc(C(=O)c2ccc(F)cc2)c(B2OC(C)(C)C(C)(C)O2)c1.CCS(=O)(=O)Cc1ccc2c(c1)-c1cn(C)c(=O)cc1[C@H](C1CC1)N=C2c1ccc(F)cc1.Cn1cc(Br)c(C(C[S@@](=O)C(C)(C)C)C2CC2)cc1=O.Cn1cc(Br)c(C=N[S@@](=O)C(C)(C)C)cc1=O.[Br-].[CH-]1CC1.[Mg+2]. The van der Waals surface area contributed by atoms with E-state index in [2.05, 4.69) is 42.7 Å². The second kappa shape index (κ2) is 49.9. The van der Waals surface area contributed by atoms with Crippen LogP contribution in [0.4, 0.5) is 13.2 Å². The first kappa shape index (κ1) is 121. The average Bonchev–Trinajstić information content (AvgIpc) is 1.74. The molecule has 0 radical (unpaired) electrons. The van der Waals surface area contributed by atoms with E-state index in [1.807, 2.05) is 121 Å². The topological polar surface area (TPSA) is 319 Å². The number of carbonyl (C=O) groups excluding carboxylic acids is 2. The molecule has 10 aromatic rings. The molecule has 2 aliphatic heterocycles. The first-order valence-electron chi connectivity index (χ1n) is 47.7. The molecule has 1 saturated heterocycles. The Labute approximate surface area is 902 Å². The molecule has 6 heterocycles. The van der Waals surface area contributed by atoms with E-state index in [9.17, 15) is 79.8 Å². The van der Waals surface area contributed by atoms with Gasteiger partial charge >= 0.3 is 30.2 Å². The van der Waals surface area contributed by atoms with Crippen molar-refractivity contribution in [2.75, 3.05) is 28.8 Å². The second-order valence-corrected chi connectivity index (χ2v) is 56.3. The van der Waals surface area contributed by atoms with Crippen molar-refractivity contribution >= 4 is 153 Å². The summed E-state index contributed by atoms with van der Waals surface area (Å²) in [6.45, 7) is 29.8. The van der Waals surface area contributed by atoms with Gasteiger partial charge in [-0.3, -0.25) is 42.2 Å². The summed E-state index contributed by atoms with van der Waals surface area (Å²) >= 11 is 6.89. The summed E-state index contributed by atoms with van der Waals surface area (Å²) in [5, 5.41) is 0. The Balaban J connectivity index is 0.000000205. The van der Waals surface area contributed by atoms with Gasteiger partial charge in [0, 0.05) is 202 Å². The van der Waals surface area contributed by atoms with Crippen LogP contribution in [-0.4, -0.2) is 164 Å². The monoisotopic (exact) mass is 2300 g/mol. The molecule has 1 unspecified atom stereocenters. The van der Waals surface area contributed by atoms with Gasteiger partial charge in [0.2, 0.25) is 0 Å². The molecule has 4 aromatic heterocycles. The average molecular weight is 2310 g/mol. The molecule has 0 spiro atoms. The number of hydrogen-bond acceptors (Lipinski definition) is 18. The maximum atomic E-state index is 13.7. The van der Waals surface area contributed by atoms with Crippen LogP contribution in [0.25, 0.3) is 22.3 Å². The van der Waals surface area contributed by atoms with Crippen LogP contribution in [0.2, 0.25) is 0 Å². The quantitative estimate of drug-likeness (QED) is 0.0200. The van der Waals surface area contributed by atoms with E-state index in [1.54, 1.807) is 137 Å². The van der Waals surface area contributed by atoms with Crippen LogP contribution >= 0.6 is 31.9 Å². The summed E-state index contributed by atoms with van der Waals surface area (Å²) in [4.78, 5) is 80.9. The zero-order chi connectivity index (χ0) is 105. The fraction of sp³-hybridized carbons (Fsp3) is 0.435. The van der Waals surface area contributed by atoms with E-state index in [0.29, 0.717) is 84.4 Å². The number of fused-ring (bicyclic) bond motifs is 3. The predicted molar refractivity (Wildman–Crippen MR) is 583 cm³/mol. The Kier molecular flexibility index (Phi) is 41.5. The second-order valence-electron chi connectivity index (χ2n) is 41.1. The van der Waals surface area contributed by atoms with Gasteiger partial charge in [-0.05, 0) is 325 Å². The third-order valence-corrected chi connectivity index (χ3v) is 37.5. The van der Waals surface area contributed by atoms with Crippen molar-refractivity contribution in [3.05, 3.63) is 323 Å². The van der Waals surface area contributed by atoms with Crippen molar-refractivity contribution < 1.29 is 86.9 Å². The number of aromatic nitrogens is 4. The van der Waals surface area contributed by atoms with E-state index in [-0.39, 0.29) is 148 Å². The molecule has 4 saturated carbocycles. The Morgan fingerprint density at radius 2 is 0.883 bits per heavy atom. The van der Waals surface area contributed by atoms with Gasteiger partial charge in [0.1, 0.15) is 28.4 Å². The number of hydrogen-bond donors (Lipinski definition) is 0. The molecule has 23 nitrogen and oxygen atoms in total. The summed E-state index contributed by atoms with van der Waals surface area (Å²) < 4.78 is 175. The summed E-state index contributed by atoms with van der Waals surface area (Å²) in [7, 11) is -7.31. The molecule has 145 heavy (non-hydrogen) atoms. The number of nitrogens with zero attached hydrogens (tertiary/aromatic N) is 6. The number of aryl methyl sites for hydroxylation is 4. The van der Waals surface area contributed by atoms with Gasteiger partial charge < -0.3 is 51.0 Å². The van der Waals surface area contributed by atoms with Gasteiger partial charge in [-0.25, -0.2) is 55.5 Å². The van der Waals surface area contributed by atoms with Crippen LogP contribution in [0.1, 0.15) is 262 Å². The van der Waals surface area contributed by atoms with E-state index < -0.39 is 102 Å². The molecular weight excluding hydrogens is 2180 g/mol. The van der Waals surface area contributed by atoms with E-state index in [0.717, 1.165) is 73.7 Å². The van der Waals surface area contributed by atoms with E-state index >= 15 is 0 Å². The van der Waals surface area contributed by atoms with Gasteiger partial charge in [-0.1, -0.05) is 63.2 Å². The minimum atomic E-state index is -3.36. The maximum absolute atomic E-state index is 13.7. The van der Waals surface area contributed by atoms with Crippen LogP contribution in [-0.2, 0) is 117 Å². The van der Waals surface area contributed by atoms with Crippen molar-refractivity contribution in [3.8, 4) is 22.3 Å². The van der Waals surface area contributed by atoms with Crippen molar-refractivity contribution in [1.82, 2.24) is 18.3 Å². The molecular formula is C108H129BBr3F3MgN6O17S6. The van der Waals surface area contributed by atoms with Crippen molar-refractivity contribution in [2.45, 2.75) is 223 Å². The fourth-order valence-electron chi connectivity index (χ4n) is 15.7. The largest absolute Gasteiger partial charge is 2.00 e. The molecule has 4 aliphatic carbocycles. The van der Waals surface area contributed by atoms with Crippen LogP contribution in [0.15, 0.2) is 214 Å². The predicted octanol–water partition coefficient (Wildman–Crippen LogP) is 15.9. The number of aliphatic imine (C=N–C) groups is 1. The Morgan fingerprint density at radius 1 is 0.497 bits per heavy atom. The zero-order valence-electron chi connectivity index (χ0n) is 85.8. The number of sulfone groups is 3. The summed E-state index contributed by atoms with van der Waals surface area (Å²) in [5.41, 5.74) is 10.2. The molecule has 6 aliphatic rings. The first-order valence-corrected chi connectivity index (χ1v) is 58.5. The smallest absolute Gasteiger partial charge is 1.00 e. The van der Waals surface area contributed by atoms with Gasteiger partial charge in [-0.15, -0.1) is 0 Å². The van der Waals surface area contributed by atoms with Crippen LogP contribution in [0, 0.1) is 41.6 Å². The molecule has 6 atom stereocenters. The molecule has 37 heteroatoms. The van der Waals surface area contributed by atoms with Gasteiger partial charge in [0.05, 0.1) is 45.0 Å². The number of ketones is 2. The Hall–Kier alpha value is -7.92. The summed E-state index contributed by atoms with van der Waals surface area (Å²) in [6, 6.07) is 38.5. The van der Waals surface area contributed by atoms with Crippen LogP contribution < -0.4 is 44.7 Å². The molecule has 776 valence electrons. The Morgan fingerprint density at radius 3 is 1.32 bits per heavy atom. The van der Waals surface area contributed by atoms with E-state index in [1.165, 1.54) is 108 Å². The molecule has 5 fully saturated rings. The third kappa shape index (κ3) is 32.8. The normalized spacial score (nSPS) is 16.8. The molecule has 6 aromatic carbocycles. The number of carbonyl (C=O) groups is 2. The number of rotatable bonds is 27. The van der Waals surface area contributed by atoms with Gasteiger partial charge in [0.25, 0.3) is 22.2 Å². The van der Waals surface area contributed by atoms with Gasteiger partial charge in [0.15, 0.2) is 41.1 Å². The van der Waals surface area contributed by atoms with Crippen LogP contribution in [0.3, 0.4) is 0 Å². The van der Waals surface area contributed by atoms with Crippen molar-refractivity contribution in [2.24, 2.45) is 55.3 Å². The summed E-state index contributed by atoms with van der Waals surface area (Å²) in [6.07, 6.45) is 19.8. The third-order valence-electron chi connectivity index (χ3n) is 25.8. The number of pyridine rings is 4. The first-order chi connectivity index (χ1) is 66.7. The van der Waals surface area contributed by atoms with Crippen LogP contribution in [0.5, 0.6) is 0 Å². The van der Waals surface area contributed by atoms with E-state index in [4.69, 9.17) is 14.3 Å². The molecule has 0 N–H and O–H groups in total. The minimum Gasteiger partial charge on any atom is -1.00 e. The zero-order valence-corrected chi connectivity index (χ0v) is 96.9. The summed E-state index contributed by atoms with van der Waals surface area (Å²) in [5.74, 6) is 0.0675. The number of halogens is 6. The standard InChI is InChI=1S/C31H36FNO5S2.C26H25FN2O3S.C22H26BFO5S.C15H22BrNO2S.C11H15BrN2O2S.C3H5.BrH.Mg/c1-6-40(37,38)19-20-7-14-24(30(35)22-10-12-23(32)13-11-22)25(15-20)27-17-33(5)29(34)16-26(27)28(21-8-9-21)18-39(36)31(2,3)4;1-3-33(31,32)15-16-4-11-20-21(12-16)23-14-29(2)24(30)13-22(23)26(17-5-6-17)28-25(20)18-7-9-19(27)10-8-18;1-6-30(26,27)14-15-7-12-18(20(25)16-8-10-17(24)11-9-16)19(13-15)23-28-21(2,3)22(4,5)29-23;1-15(2,3)20(19)9-12(10-5-6-10)11-7-14(18)17(4)8-13(11)16;1-11(2,3)17(16)13-6-8-5-10(15)14(4)7-9(8)12;1-2-3-1;;/h7,10-17,21,28H,6,8-9,18-19H2,1-5H3;4,7-14,17,26H,3,5-6,15H2,1-2H3;7-13H,6,14H2,1-5H3;7-8,10,12H,5-6,9H2,1-4H3;5-7H,1-4H3;1H,2-3H2;1H;/q;;;;;-1;;+2/p-1/t28-,39+;26-;;12?,20-;17-;;;/m00.10.../s1. The Bertz CT molecular complexity index is 7170. The molecule has 16 rings (SSSR count). The number of benzene rings is 6. The van der Waals surface area contributed by atoms with Crippen molar-refractivity contribution in [3.63, 3.8) is 0 Å². The fourth-order valence-corrected chi connectivity index (χ4v) is 22.7. The minimum absolute atomic E-state index is 0. The van der Waals surface area contributed by atoms with Crippen molar-refractivity contribution in [1.29, 1.82) is 0 Å². The van der Waals surface area contributed by atoms with Gasteiger partial charge in [-0.2, -0.15) is 4.40 Å². The molecule has 0 bridgehead atoms.